The number of allylic oxidation sites excluding steroid dienone is 20. The van der Waals surface area contributed by atoms with Gasteiger partial charge in [0.1, 0.15) is 24.4 Å². The second kappa shape index (κ2) is 25.6. The first-order chi connectivity index (χ1) is 34.3. The first-order valence-corrected chi connectivity index (χ1v) is 26.4. The van der Waals surface area contributed by atoms with Gasteiger partial charge in [0.05, 0.1) is 13.2 Å². The summed E-state index contributed by atoms with van der Waals surface area (Å²) < 4.78 is 54.7. The van der Waals surface area contributed by atoms with Gasteiger partial charge < -0.3 is 39.7 Å². The van der Waals surface area contributed by atoms with Gasteiger partial charge in [-0.2, -0.15) is 0 Å². The largest absolute Gasteiger partial charge is 0.472 e. The van der Waals surface area contributed by atoms with Gasteiger partial charge in [-0.25, -0.2) is 18.7 Å². The highest BCUT2D eigenvalue weighted by molar-refractivity contribution is 7.47. The molecule has 2 heterocycles. The van der Waals surface area contributed by atoms with Gasteiger partial charge in [-0.3, -0.25) is 37.3 Å². The number of ether oxygens (including phenoxy) is 2. The number of carbonyl (C=O) groups is 6. The Morgan fingerprint density at radius 1 is 0.581 bits per heavy atom. The van der Waals surface area contributed by atoms with Gasteiger partial charge in [0.2, 0.25) is 23.8 Å². The van der Waals surface area contributed by atoms with Crippen molar-refractivity contribution in [2.75, 3.05) is 13.2 Å². The number of hydrogen-bond donors (Lipinski definition) is 6. The molecular weight excluding hydrogens is 1010 g/mol. The molecule has 2 aliphatic heterocycles. The number of aliphatic hydroxyl groups excluding tert-OH is 4. The third kappa shape index (κ3) is 16.7. The van der Waals surface area contributed by atoms with Crippen LogP contribution in [0, 0.1) is 10.8 Å². The van der Waals surface area contributed by atoms with E-state index in [-0.39, 0.29) is 12.8 Å². The predicted octanol–water partition coefficient (Wildman–Crippen LogP) is 5.62. The Morgan fingerprint density at radius 3 is 1.20 bits per heavy atom. The van der Waals surface area contributed by atoms with Gasteiger partial charge in [-0.05, 0) is 87.5 Å². The fourth-order valence-electron chi connectivity index (χ4n) is 8.21. The number of cyclic esters (lactones) is 2. The van der Waals surface area contributed by atoms with E-state index < -0.39 is 124 Å². The third-order valence-electron chi connectivity index (χ3n) is 12.3. The van der Waals surface area contributed by atoms with Crippen molar-refractivity contribution in [1.82, 2.24) is 0 Å². The summed E-state index contributed by atoms with van der Waals surface area (Å²) in [5.74, 6) is -5.83. The third-order valence-corrected chi connectivity index (χ3v) is 14.3. The van der Waals surface area contributed by atoms with Gasteiger partial charge in [0.25, 0.3) is 0 Å². The van der Waals surface area contributed by atoms with E-state index in [1.165, 1.54) is 0 Å². The molecule has 2 fully saturated rings. The van der Waals surface area contributed by atoms with Crippen LogP contribution in [0.1, 0.15) is 82.1 Å². The second-order valence-corrected chi connectivity index (χ2v) is 22.4. The number of phosphoric acid groups is 2. The Morgan fingerprint density at radius 2 is 0.892 bits per heavy atom. The van der Waals surface area contributed by atoms with Crippen molar-refractivity contribution >= 4 is 50.7 Å². The Balaban J connectivity index is 1.26. The molecule has 6 unspecified atom stereocenters. The number of carbonyl (C=O) groups excluding carboxylic acids is 6. The fraction of sp³-hybridized carbons (Fsp3) is 0.462. The Bertz CT molecular complexity index is 2510. The molecule has 0 saturated carbocycles. The molecule has 404 valence electrons. The van der Waals surface area contributed by atoms with E-state index in [1.807, 2.05) is 140 Å². The number of aliphatic hydroxyl groups is 4. The molecule has 0 amide bonds. The van der Waals surface area contributed by atoms with Crippen LogP contribution in [0.4, 0.5) is 0 Å². The van der Waals surface area contributed by atoms with Crippen molar-refractivity contribution in [1.29, 1.82) is 0 Å². The van der Waals surface area contributed by atoms with Crippen LogP contribution >= 0.6 is 15.6 Å². The summed E-state index contributed by atoms with van der Waals surface area (Å²) in [5.41, 5.74) is 4.39. The maximum atomic E-state index is 13.3. The van der Waals surface area contributed by atoms with E-state index in [4.69, 9.17) is 18.1 Å². The average molecular weight is 1070 g/mol. The van der Waals surface area contributed by atoms with E-state index in [0.29, 0.717) is 22.3 Å². The second-order valence-electron chi connectivity index (χ2n) is 19.6. The van der Waals surface area contributed by atoms with Crippen molar-refractivity contribution < 1.29 is 95.7 Å². The lowest BCUT2D eigenvalue weighted by atomic mass is 9.71. The number of esters is 2. The highest BCUT2D eigenvalue weighted by Crippen LogP contribution is 2.51. The monoisotopic (exact) mass is 1070 g/mol. The lowest BCUT2D eigenvalue weighted by Crippen LogP contribution is -2.38. The van der Waals surface area contributed by atoms with Gasteiger partial charge in [0, 0.05) is 0 Å². The molecule has 2 saturated heterocycles. The molecule has 0 radical (unpaired) electrons. The summed E-state index contributed by atoms with van der Waals surface area (Å²) >= 11 is 0. The first-order valence-electron chi connectivity index (χ1n) is 23.4. The molecule has 20 nitrogen and oxygen atoms in total. The molecule has 6 N–H and O–H groups in total. The predicted molar refractivity (Wildman–Crippen MR) is 268 cm³/mol. The van der Waals surface area contributed by atoms with Crippen LogP contribution in [0.25, 0.3) is 0 Å². The zero-order chi connectivity index (χ0) is 55.7. The highest BCUT2D eigenvalue weighted by Gasteiger charge is 2.49. The molecule has 0 aromatic heterocycles. The molecule has 4 aliphatic rings. The van der Waals surface area contributed by atoms with Gasteiger partial charge in [-0.1, -0.05) is 135 Å². The van der Waals surface area contributed by atoms with Crippen LogP contribution in [-0.2, 0) is 65.5 Å². The number of hydrogen-bond acceptors (Lipinski definition) is 18. The minimum absolute atomic E-state index is 0.0241. The lowest BCUT2D eigenvalue weighted by molar-refractivity contribution is -0.152. The van der Waals surface area contributed by atoms with Crippen molar-refractivity contribution in [2.45, 2.75) is 131 Å². The fourth-order valence-corrected chi connectivity index (χ4v) is 10.00. The summed E-state index contributed by atoms with van der Waals surface area (Å²) in [6, 6.07) is 0. The Hall–Kier alpha value is -5.18. The van der Waals surface area contributed by atoms with Crippen LogP contribution in [0.15, 0.2) is 130 Å². The van der Waals surface area contributed by atoms with Crippen molar-refractivity contribution in [2.24, 2.45) is 10.8 Å². The van der Waals surface area contributed by atoms with Crippen LogP contribution in [0.3, 0.4) is 0 Å². The number of ketones is 4. The molecule has 0 bridgehead atoms. The highest BCUT2D eigenvalue weighted by atomic mass is 31.2. The molecule has 22 heteroatoms. The van der Waals surface area contributed by atoms with Gasteiger partial charge in [-0.15, -0.1) is 0 Å². The van der Waals surface area contributed by atoms with E-state index in [0.717, 1.165) is 22.3 Å². The summed E-state index contributed by atoms with van der Waals surface area (Å²) in [5, 5.41) is 39.2. The van der Waals surface area contributed by atoms with Crippen molar-refractivity contribution in [3.05, 3.63) is 130 Å². The summed E-state index contributed by atoms with van der Waals surface area (Å²) in [6.45, 7) is 16.3. The van der Waals surface area contributed by atoms with E-state index in [9.17, 15) is 68.1 Å². The molecule has 2 aliphatic carbocycles. The summed E-state index contributed by atoms with van der Waals surface area (Å²) in [6.07, 6.45) is 12.3. The Kier molecular flexibility index (Phi) is 21.2. The number of Topliss-reactive ketones (excluding diaryl/α,β-unsaturated/α-hetero) is 4. The topological polar surface area (TPSA) is 313 Å². The molecule has 0 aromatic rings. The van der Waals surface area contributed by atoms with Crippen LogP contribution in [0.2, 0.25) is 0 Å². The maximum absolute atomic E-state index is 13.3. The molecule has 10 atom stereocenters. The Labute approximate surface area is 429 Å². The van der Waals surface area contributed by atoms with Crippen molar-refractivity contribution in [3.8, 4) is 0 Å². The molecule has 0 spiro atoms. The average Bonchev–Trinajstić information content (AvgIpc) is 3.72. The minimum atomic E-state index is -4.95. The van der Waals surface area contributed by atoms with Crippen LogP contribution in [-0.4, -0.2) is 127 Å². The molecule has 4 rings (SSSR count). The summed E-state index contributed by atoms with van der Waals surface area (Å²) in [4.78, 5) is 93.8. The van der Waals surface area contributed by atoms with Gasteiger partial charge in [0.15, 0.2) is 23.8 Å². The van der Waals surface area contributed by atoms with Crippen LogP contribution < -0.4 is 0 Å². The SMILES string of the molecule is CC(C=CC=C(C)C=CC1=C(C)C(=O)C(OP(=O)(O)OC[C@H](O)[C@H]2OC(=O)C(O)C2=O)CC1(C)C)=CC=CC=C(C)C=CC=C(C)C=CC1=C(C)C(=O)C(OP(=O)(O)OC[C@H](O)[C@H]2OC(=O)C(O)C2=O)CC1(C)C. The first kappa shape index (κ1) is 61.4. The van der Waals surface area contributed by atoms with E-state index >= 15 is 0 Å². The lowest BCUT2D eigenvalue weighted by Gasteiger charge is -2.36. The van der Waals surface area contributed by atoms with E-state index in [2.05, 4.69) is 9.47 Å². The molecule has 0 aromatic carbocycles. The van der Waals surface area contributed by atoms with E-state index in [1.54, 1.807) is 13.8 Å². The van der Waals surface area contributed by atoms with Crippen LogP contribution in [0.5, 0.6) is 0 Å². The maximum Gasteiger partial charge on any atom is 0.472 e. The zero-order valence-corrected chi connectivity index (χ0v) is 44.6. The van der Waals surface area contributed by atoms with Gasteiger partial charge >= 0.3 is 27.6 Å². The normalized spacial score (nSPS) is 28.2. The zero-order valence-electron chi connectivity index (χ0n) is 42.8. The smallest absolute Gasteiger partial charge is 0.449 e. The van der Waals surface area contributed by atoms with Crippen molar-refractivity contribution in [3.63, 3.8) is 0 Å². The quantitative estimate of drug-likeness (QED) is 0.0332. The number of phosphoric ester groups is 2. The standard InChI is InChI=1S/C52H66O20P2/c1-29(17-13-19-31(3)21-23-35-33(5)41(55)39(25-51(35,7)8)71-73(63,64)67-27-37(53)47-43(57)45(59)49(61)69-47)15-11-12-16-30(2)18-14-20-32(4)22-24-36-34(6)42(56)40(26-52(36,9)10)72-74(65,66)68-28-38(54)48-44(58)46(60)50(62)70-48/h11-24,37-40,45-48,53-54,59-60H,25-28H2,1-10H3,(H,63,64)(H,65,66)/t37-,38-,39?,40?,45?,46?,47+,48+/m0/s1. The number of rotatable bonds is 22. The molecule has 74 heavy (non-hydrogen) atoms. The minimum Gasteiger partial charge on any atom is -0.449 e. The molecular formula is C52H66O20P2. The summed E-state index contributed by atoms with van der Waals surface area (Å²) in [7, 11) is -9.90.